The molecule has 29 heavy (non-hydrogen) atoms. The van der Waals surface area contributed by atoms with Crippen LogP contribution in [-0.4, -0.2) is 14.7 Å². The van der Waals surface area contributed by atoms with E-state index in [4.69, 9.17) is 4.52 Å². The molecule has 0 unspecified atom stereocenters. The van der Waals surface area contributed by atoms with Crippen LogP contribution in [0.5, 0.6) is 0 Å². The molecule has 2 heterocycles. The van der Waals surface area contributed by atoms with Crippen molar-refractivity contribution >= 4 is 10.8 Å². The molecule has 0 radical (unpaired) electrons. The first kappa shape index (κ1) is 17.1. The highest BCUT2D eigenvalue weighted by Gasteiger charge is 2.17. The first-order chi connectivity index (χ1) is 14.2. The summed E-state index contributed by atoms with van der Waals surface area (Å²) < 4.78 is 20.7. The van der Waals surface area contributed by atoms with Crippen molar-refractivity contribution in [2.24, 2.45) is 0 Å². The van der Waals surface area contributed by atoms with Gasteiger partial charge in [0.1, 0.15) is 5.82 Å². The van der Waals surface area contributed by atoms with Crippen LogP contribution in [0.3, 0.4) is 0 Å². The summed E-state index contributed by atoms with van der Waals surface area (Å²) in [5, 5.41) is 5.24. The Kier molecular flexibility index (Phi) is 4.02. The van der Waals surface area contributed by atoms with Gasteiger partial charge in [0.05, 0.1) is 11.3 Å². The van der Waals surface area contributed by atoms with E-state index < -0.39 is 5.82 Å². The van der Waals surface area contributed by atoms with Gasteiger partial charge in [0.25, 0.3) is 11.4 Å². The number of benzene rings is 3. The summed E-state index contributed by atoms with van der Waals surface area (Å²) in [4.78, 5) is 17.5. The summed E-state index contributed by atoms with van der Waals surface area (Å²) in [7, 11) is 0. The van der Waals surface area contributed by atoms with Crippen LogP contribution in [0.1, 0.15) is 0 Å². The second-order valence-electron chi connectivity index (χ2n) is 6.53. The van der Waals surface area contributed by atoms with Crippen molar-refractivity contribution in [2.75, 3.05) is 0 Å². The van der Waals surface area contributed by atoms with E-state index in [1.54, 1.807) is 30.5 Å². The Bertz CT molecular complexity index is 1390. The molecule has 0 atom stereocenters. The zero-order valence-electron chi connectivity index (χ0n) is 15.1. The van der Waals surface area contributed by atoms with Crippen molar-refractivity contribution < 1.29 is 8.91 Å². The number of nitrogens with zero attached hydrogens (tertiary/aromatic N) is 3. The summed E-state index contributed by atoms with van der Waals surface area (Å²) in [6.45, 7) is 0. The van der Waals surface area contributed by atoms with Crippen LogP contribution in [0.2, 0.25) is 0 Å². The molecular formula is C23H14FN3O2. The average molecular weight is 383 g/mol. The normalized spacial score (nSPS) is 11.1. The van der Waals surface area contributed by atoms with Crippen LogP contribution in [0.15, 0.2) is 94.4 Å². The second kappa shape index (κ2) is 6.83. The molecule has 5 nitrogen and oxygen atoms in total. The summed E-state index contributed by atoms with van der Waals surface area (Å²) >= 11 is 0. The maximum Gasteiger partial charge on any atom is 0.262 e. The van der Waals surface area contributed by atoms with E-state index in [-0.39, 0.29) is 11.4 Å². The molecule has 0 aliphatic heterocycles. The predicted octanol–water partition coefficient (Wildman–Crippen LogP) is 4.85. The van der Waals surface area contributed by atoms with Crippen LogP contribution in [-0.2, 0) is 0 Å². The van der Waals surface area contributed by atoms with Crippen LogP contribution in [0.25, 0.3) is 39.3 Å². The monoisotopic (exact) mass is 383 g/mol. The van der Waals surface area contributed by atoms with Crippen molar-refractivity contribution in [1.82, 2.24) is 14.7 Å². The van der Waals surface area contributed by atoms with E-state index in [0.29, 0.717) is 27.8 Å². The van der Waals surface area contributed by atoms with Gasteiger partial charge in [-0.2, -0.15) is 4.98 Å². The van der Waals surface area contributed by atoms with Gasteiger partial charge in [-0.1, -0.05) is 59.8 Å². The molecular weight excluding hydrogens is 369 g/mol. The highest BCUT2D eigenvalue weighted by Crippen LogP contribution is 2.28. The number of aromatic nitrogens is 3. The Morgan fingerprint density at radius 3 is 2.41 bits per heavy atom. The maximum atomic E-state index is 13.8. The van der Waals surface area contributed by atoms with Crippen molar-refractivity contribution in [3.8, 4) is 28.5 Å². The smallest absolute Gasteiger partial charge is 0.262 e. The predicted molar refractivity (Wildman–Crippen MR) is 108 cm³/mol. The number of hydrogen-bond donors (Lipinski definition) is 0. The van der Waals surface area contributed by atoms with Crippen molar-refractivity contribution in [3.05, 3.63) is 101 Å². The third kappa shape index (κ3) is 3.00. The third-order valence-corrected chi connectivity index (χ3v) is 4.70. The Morgan fingerprint density at radius 2 is 1.62 bits per heavy atom. The van der Waals surface area contributed by atoms with E-state index in [1.807, 2.05) is 42.5 Å². The molecule has 2 aromatic heterocycles. The minimum Gasteiger partial charge on any atom is -0.334 e. The SMILES string of the molecule is O=c1c2ccccc2c(-c2nc(-c3ccccc3)no2)cn1-c1cccc(F)c1. The number of rotatable bonds is 3. The zero-order chi connectivity index (χ0) is 19.8. The van der Waals surface area contributed by atoms with Gasteiger partial charge in [0, 0.05) is 22.5 Å². The molecule has 0 aliphatic rings. The molecule has 0 bridgehead atoms. The standard InChI is InChI=1S/C23H14FN3O2/c24-16-9-6-10-17(13-16)27-14-20(18-11-4-5-12-19(18)23(27)28)22-25-21(26-29-22)15-7-2-1-3-8-15/h1-14H. The highest BCUT2D eigenvalue weighted by molar-refractivity contribution is 5.94. The van der Waals surface area contributed by atoms with E-state index in [9.17, 15) is 9.18 Å². The average Bonchev–Trinajstić information content (AvgIpc) is 3.25. The summed E-state index contributed by atoms with van der Waals surface area (Å²) in [5.74, 6) is 0.312. The largest absolute Gasteiger partial charge is 0.334 e. The Labute approximate surface area is 164 Å². The van der Waals surface area contributed by atoms with Crippen molar-refractivity contribution in [2.45, 2.75) is 0 Å². The Hall–Kier alpha value is -4.06. The molecule has 5 rings (SSSR count). The fourth-order valence-electron chi connectivity index (χ4n) is 3.32. The van der Waals surface area contributed by atoms with E-state index in [2.05, 4.69) is 10.1 Å². The fraction of sp³-hybridized carbons (Fsp3) is 0. The molecule has 0 aliphatic carbocycles. The lowest BCUT2D eigenvalue weighted by atomic mass is 10.1. The Balaban J connectivity index is 1.75. The third-order valence-electron chi connectivity index (χ3n) is 4.70. The van der Waals surface area contributed by atoms with Crippen molar-refractivity contribution in [1.29, 1.82) is 0 Å². The van der Waals surface area contributed by atoms with E-state index >= 15 is 0 Å². The van der Waals surface area contributed by atoms with E-state index in [1.165, 1.54) is 16.7 Å². The van der Waals surface area contributed by atoms with Crippen LogP contribution >= 0.6 is 0 Å². The summed E-state index contributed by atoms with van der Waals surface area (Å²) in [6.07, 6.45) is 1.61. The minimum absolute atomic E-state index is 0.252. The topological polar surface area (TPSA) is 60.9 Å². The molecule has 6 heteroatoms. The Morgan fingerprint density at radius 1 is 0.862 bits per heavy atom. The lowest BCUT2D eigenvalue weighted by Gasteiger charge is -2.10. The van der Waals surface area contributed by atoms with Gasteiger partial charge in [-0.05, 0) is 24.3 Å². The number of halogens is 1. The van der Waals surface area contributed by atoms with Gasteiger partial charge in [-0.15, -0.1) is 0 Å². The molecule has 0 fully saturated rings. The van der Waals surface area contributed by atoms with Gasteiger partial charge in [0.15, 0.2) is 0 Å². The van der Waals surface area contributed by atoms with E-state index in [0.717, 1.165) is 5.56 Å². The number of fused-ring (bicyclic) bond motifs is 1. The molecule has 140 valence electrons. The van der Waals surface area contributed by atoms with Crippen LogP contribution < -0.4 is 5.56 Å². The first-order valence-corrected chi connectivity index (χ1v) is 9.00. The molecule has 0 spiro atoms. The van der Waals surface area contributed by atoms with Gasteiger partial charge in [-0.25, -0.2) is 4.39 Å². The van der Waals surface area contributed by atoms with Gasteiger partial charge >= 0.3 is 0 Å². The fourth-order valence-corrected chi connectivity index (χ4v) is 3.32. The lowest BCUT2D eigenvalue weighted by molar-refractivity contribution is 0.432. The van der Waals surface area contributed by atoms with Gasteiger partial charge in [-0.3, -0.25) is 9.36 Å². The minimum atomic E-state index is -0.423. The van der Waals surface area contributed by atoms with Crippen molar-refractivity contribution in [3.63, 3.8) is 0 Å². The summed E-state index contributed by atoms with van der Waals surface area (Å²) in [6, 6.07) is 22.5. The number of pyridine rings is 1. The molecule has 0 saturated carbocycles. The van der Waals surface area contributed by atoms with Crippen LogP contribution in [0.4, 0.5) is 4.39 Å². The highest BCUT2D eigenvalue weighted by atomic mass is 19.1. The van der Waals surface area contributed by atoms with Gasteiger partial charge < -0.3 is 4.52 Å². The molecule has 3 aromatic carbocycles. The second-order valence-corrected chi connectivity index (χ2v) is 6.53. The number of hydrogen-bond acceptors (Lipinski definition) is 4. The first-order valence-electron chi connectivity index (χ1n) is 9.00. The molecule has 0 saturated heterocycles. The maximum absolute atomic E-state index is 13.8. The lowest BCUT2D eigenvalue weighted by Crippen LogP contribution is -2.18. The summed E-state index contributed by atoms with van der Waals surface area (Å²) in [5.41, 5.74) is 1.59. The molecule has 0 N–H and O–H groups in total. The molecule has 0 amide bonds. The quantitative estimate of drug-likeness (QED) is 0.447. The zero-order valence-corrected chi connectivity index (χ0v) is 15.1. The van der Waals surface area contributed by atoms with Gasteiger partial charge in [0.2, 0.25) is 5.82 Å². The van der Waals surface area contributed by atoms with Crippen LogP contribution in [0, 0.1) is 5.82 Å². The molecule has 5 aromatic rings.